The van der Waals surface area contributed by atoms with Gasteiger partial charge in [-0.05, 0) is 72.3 Å². The number of methoxy groups -OCH3 is 1. The maximum Gasteiger partial charge on any atom is 0.272 e. The van der Waals surface area contributed by atoms with Crippen LogP contribution in [0.15, 0.2) is 113 Å². The van der Waals surface area contributed by atoms with Gasteiger partial charge in [0, 0.05) is 37.1 Å². The van der Waals surface area contributed by atoms with Crippen LogP contribution in [0.4, 0.5) is 10.8 Å². The molecule has 0 aliphatic carbocycles. The van der Waals surface area contributed by atoms with Crippen molar-refractivity contribution in [2.24, 2.45) is 0 Å². The van der Waals surface area contributed by atoms with Gasteiger partial charge >= 0.3 is 0 Å². The Bertz CT molecular complexity index is 1900. The van der Waals surface area contributed by atoms with Crippen LogP contribution in [0.2, 0.25) is 10.0 Å². The molecular weight excluding hydrogens is 663 g/mol. The van der Waals surface area contributed by atoms with E-state index in [0.29, 0.717) is 32.0 Å². The van der Waals surface area contributed by atoms with Gasteiger partial charge in [-0.3, -0.25) is 14.4 Å². The molecule has 0 aliphatic rings. The minimum absolute atomic E-state index is 0.00931. The highest BCUT2D eigenvalue weighted by Crippen LogP contribution is 2.28. The van der Waals surface area contributed by atoms with E-state index < -0.39 is 11.8 Å². The molecule has 0 saturated carbocycles. The lowest BCUT2D eigenvalue weighted by atomic mass is 10.1. The number of hydrogen-bond acceptors (Lipinski definition) is 7. The Morgan fingerprint density at radius 2 is 1.70 bits per heavy atom. The molecule has 4 aromatic carbocycles. The third kappa shape index (κ3) is 8.98. The Balaban J connectivity index is 1.19. The van der Waals surface area contributed by atoms with Crippen molar-refractivity contribution in [3.05, 3.63) is 129 Å². The molecule has 0 bridgehead atoms. The normalized spacial score (nSPS) is 11.1. The molecule has 5 aromatic rings. The van der Waals surface area contributed by atoms with Gasteiger partial charge in [0.2, 0.25) is 5.91 Å². The Morgan fingerprint density at radius 3 is 2.43 bits per heavy atom. The van der Waals surface area contributed by atoms with Gasteiger partial charge in [-0.2, -0.15) is 0 Å². The second-order valence-corrected chi connectivity index (χ2v) is 12.4. The number of halogens is 2. The van der Waals surface area contributed by atoms with Gasteiger partial charge in [-0.25, -0.2) is 4.98 Å². The maximum absolute atomic E-state index is 13.3. The number of carbonyl (C=O) groups is 3. The predicted molar refractivity (Wildman–Crippen MR) is 187 cm³/mol. The average molecular weight is 690 g/mol. The Kier molecular flexibility index (Phi) is 11.1. The van der Waals surface area contributed by atoms with E-state index in [1.54, 1.807) is 79.9 Å². The fourth-order valence-electron chi connectivity index (χ4n) is 4.10. The summed E-state index contributed by atoms with van der Waals surface area (Å²) in [6, 6.07) is 28.0. The van der Waals surface area contributed by atoms with Crippen LogP contribution in [0.5, 0.6) is 5.75 Å². The fourth-order valence-corrected chi connectivity index (χ4v) is 6.00. The highest BCUT2D eigenvalue weighted by Gasteiger charge is 2.16. The van der Waals surface area contributed by atoms with Crippen molar-refractivity contribution in [2.75, 3.05) is 23.5 Å². The molecule has 0 atom stereocenters. The molecule has 5 rings (SSSR count). The first-order valence-corrected chi connectivity index (χ1v) is 16.4. The number of amides is 3. The highest BCUT2D eigenvalue weighted by atomic mass is 35.5. The molecule has 3 N–H and O–H groups in total. The fraction of sp³-hybridized carbons (Fsp3) is 0.0588. The molecule has 0 unspecified atom stereocenters. The number of rotatable bonds is 11. The Hall–Kier alpha value is -4.61. The van der Waals surface area contributed by atoms with Gasteiger partial charge in [0.25, 0.3) is 11.8 Å². The maximum atomic E-state index is 13.3. The van der Waals surface area contributed by atoms with E-state index >= 15 is 0 Å². The van der Waals surface area contributed by atoms with Crippen molar-refractivity contribution in [3.8, 4) is 17.0 Å². The zero-order valence-corrected chi connectivity index (χ0v) is 27.4. The zero-order chi connectivity index (χ0) is 32.5. The molecule has 0 radical (unpaired) electrons. The summed E-state index contributed by atoms with van der Waals surface area (Å²) < 4.78 is 5.27. The summed E-state index contributed by atoms with van der Waals surface area (Å²) in [7, 11) is 1.61. The first kappa shape index (κ1) is 32.8. The van der Waals surface area contributed by atoms with E-state index in [1.807, 2.05) is 29.6 Å². The van der Waals surface area contributed by atoms with Gasteiger partial charge in [0.1, 0.15) is 11.4 Å². The number of anilines is 2. The van der Waals surface area contributed by atoms with E-state index in [4.69, 9.17) is 27.9 Å². The SMILES string of the molecule is COc1cccc(-c2csc(NC(=O)CSc3ccc(NC(=O)/C(=C/c4ccc(Cl)cc4Cl)NC(=O)c4ccccc4)cc3)n2)c1. The summed E-state index contributed by atoms with van der Waals surface area (Å²) >= 11 is 15.0. The van der Waals surface area contributed by atoms with Crippen LogP contribution in [-0.2, 0) is 9.59 Å². The second-order valence-electron chi connectivity index (χ2n) is 9.63. The van der Waals surface area contributed by atoms with Gasteiger partial charge in [0.05, 0.1) is 18.6 Å². The molecular formula is C34H26Cl2N4O4S2. The number of thiazole rings is 1. The van der Waals surface area contributed by atoms with Gasteiger partial charge < -0.3 is 20.7 Å². The standard InChI is InChI=1S/C34H26Cl2N4O4S2/c1-44-26-9-5-8-23(16-26)30-19-46-34(39-30)40-31(41)20-45-27-14-12-25(13-15-27)37-33(43)29(17-22-10-11-24(35)18-28(22)36)38-32(42)21-6-3-2-4-7-21/h2-19H,20H2,1H3,(H,37,43)(H,38,42)(H,39,40,41)/b29-17-. The minimum atomic E-state index is -0.549. The lowest BCUT2D eigenvalue weighted by Gasteiger charge is -2.12. The number of aromatic nitrogens is 1. The summed E-state index contributed by atoms with van der Waals surface area (Å²) in [5.41, 5.74) is 3.02. The average Bonchev–Trinajstić information content (AvgIpc) is 3.54. The number of nitrogens with zero attached hydrogens (tertiary/aromatic N) is 1. The van der Waals surface area contributed by atoms with Crippen LogP contribution in [0.1, 0.15) is 15.9 Å². The molecule has 232 valence electrons. The van der Waals surface area contributed by atoms with Crippen molar-refractivity contribution in [3.63, 3.8) is 0 Å². The lowest BCUT2D eigenvalue weighted by Crippen LogP contribution is -2.30. The summed E-state index contributed by atoms with van der Waals surface area (Å²) in [5, 5.41) is 11.5. The topological polar surface area (TPSA) is 109 Å². The Morgan fingerprint density at radius 1 is 0.913 bits per heavy atom. The summed E-state index contributed by atoms with van der Waals surface area (Å²) in [6.07, 6.45) is 1.49. The van der Waals surface area contributed by atoms with Crippen LogP contribution in [-0.4, -0.2) is 35.6 Å². The third-order valence-electron chi connectivity index (χ3n) is 6.39. The first-order chi connectivity index (χ1) is 22.3. The number of hydrogen-bond donors (Lipinski definition) is 3. The molecule has 0 spiro atoms. The van der Waals surface area contributed by atoms with Crippen LogP contribution in [0, 0.1) is 0 Å². The molecule has 46 heavy (non-hydrogen) atoms. The van der Waals surface area contributed by atoms with Gasteiger partial charge in [-0.1, -0.05) is 59.6 Å². The molecule has 0 saturated heterocycles. The molecule has 12 heteroatoms. The number of nitrogens with one attached hydrogen (secondary N) is 3. The quantitative estimate of drug-likeness (QED) is 0.0952. The smallest absolute Gasteiger partial charge is 0.272 e. The van der Waals surface area contributed by atoms with E-state index in [-0.39, 0.29) is 17.4 Å². The van der Waals surface area contributed by atoms with Crippen molar-refractivity contribution in [2.45, 2.75) is 4.90 Å². The van der Waals surface area contributed by atoms with Crippen molar-refractivity contribution >= 4 is 80.9 Å². The number of benzene rings is 4. The van der Waals surface area contributed by atoms with E-state index in [2.05, 4.69) is 20.9 Å². The molecule has 0 aliphatic heterocycles. The lowest BCUT2D eigenvalue weighted by molar-refractivity contribution is -0.114. The summed E-state index contributed by atoms with van der Waals surface area (Å²) in [4.78, 5) is 44.2. The van der Waals surface area contributed by atoms with E-state index in [1.165, 1.54) is 29.2 Å². The molecule has 8 nitrogen and oxygen atoms in total. The number of carbonyl (C=O) groups excluding carboxylic acids is 3. The molecule has 1 aromatic heterocycles. The van der Waals surface area contributed by atoms with Crippen molar-refractivity contribution in [1.29, 1.82) is 0 Å². The monoisotopic (exact) mass is 688 g/mol. The number of ether oxygens (including phenoxy) is 1. The van der Waals surface area contributed by atoms with Crippen LogP contribution in [0.3, 0.4) is 0 Å². The van der Waals surface area contributed by atoms with Crippen LogP contribution in [0.25, 0.3) is 17.3 Å². The van der Waals surface area contributed by atoms with Crippen LogP contribution < -0.4 is 20.7 Å². The first-order valence-electron chi connectivity index (χ1n) is 13.7. The second kappa shape index (κ2) is 15.6. The van der Waals surface area contributed by atoms with Gasteiger partial charge in [0.15, 0.2) is 5.13 Å². The molecule has 1 heterocycles. The molecule has 0 fully saturated rings. The third-order valence-corrected chi connectivity index (χ3v) is 8.72. The molecule has 3 amide bonds. The minimum Gasteiger partial charge on any atom is -0.497 e. The van der Waals surface area contributed by atoms with Crippen molar-refractivity contribution < 1.29 is 19.1 Å². The van der Waals surface area contributed by atoms with E-state index in [0.717, 1.165) is 21.9 Å². The summed E-state index contributed by atoms with van der Waals surface area (Å²) in [5.74, 6) is -0.301. The highest BCUT2D eigenvalue weighted by molar-refractivity contribution is 8.00. The number of thioether (sulfide) groups is 1. The predicted octanol–water partition coefficient (Wildman–Crippen LogP) is 8.27. The van der Waals surface area contributed by atoms with E-state index in [9.17, 15) is 14.4 Å². The van der Waals surface area contributed by atoms with Crippen molar-refractivity contribution in [1.82, 2.24) is 10.3 Å². The summed E-state index contributed by atoms with van der Waals surface area (Å²) in [6.45, 7) is 0. The Labute approximate surface area is 283 Å². The zero-order valence-electron chi connectivity index (χ0n) is 24.3. The van der Waals surface area contributed by atoms with Crippen LogP contribution >= 0.6 is 46.3 Å². The largest absolute Gasteiger partial charge is 0.497 e. The van der Waals surface area contributed by atoms with Gasteiger partial charge in [-0.15, -0.1) is 23.1 Å².